The molecule has 1 heterocycles. The Labute approximate surface area is 92.2 Å². The molecule has 2 rings (SSSR count). The van der Waals surface area contributed by atoms with Crippen molar-refractivity contribution in [3.05, 3.63) is 0 Å². The largest absolute Gasteiger partial charge is 0.339 e. The van der Waals surface area contributed by atoms with E-state index in [0.29, 0.717) is 17.9 Å². The number of rotatable bonds is 4. The summed E-state index contributed by atoms with van der Waals surface area (Å²) >= 11 is 0. The molecule has 1 atom stereocenters. The maximum Gasteiger partial charge on any atom is 0.227 e. The lowest BCUT2D eigenvalue weighted by Gasteiger charge is -2.27. The van der Waals surface area contributed by atoms with Crippen LogP contribution >= 0.6 is 0 Å². The second-order valence-corrected chi connectivity index (χ2v) is 5.31. The lowest BCUT2D eigenvalue weighted by atomic mass is 10.1. The highest BCUT2D eigenvalue weighted by Crippen LogP contribution is 2.29. The first-order valence-corrected chi connectivity index (χ1v) is 6.19. The topological polar surface area (TPSA) is 32.3 Å². The maximum absolute atomic E-state index is 12.2. The Morgan fingerprint density at radius 2 is 2.13 bits per heavy atom. The van der Waals surface area contributed by atoms with E-state index in [9.17, 15) is 4.79 Å². The van der Waals surface area contributed by atoms with Gasteiger partial charge in [0.05, 0.1) is 5.92 Å². The predicted octanol–water partition coefficient (Wildman–Crippen LogP) is 1.24. The Kier molecular flexibility index (Phi) is 3.29. The van der Waals surface area contributed by atoms with Crippen molar-refractivity contribution in [3.8, 4) is 0 Å². The van der Waals surface area contributed by atoms with Crippen LogP contribution in [0.25, 0.3) is 0 Å². The first kappa shape index (κ1) is 10.9. The lowest BCUT2D eigenvalue weighted by Crippen LogP contribution is -2.40. The molecule has 0 aromatic rings. The molecule has 3 heteroatoms. The van der Waals surface area contributed by atoms with Crippen LogP contribution in [0.3, 0.4) is 0 Å². The van der Waals surface area contributed by atoms with Gasteiger partial charge in [-0.15, -0.1) is 0 Å². The molecule has 15 heavy (non-hydrogen) atoms. The summed E-state index contributed by atoms with van der Waals surface area (Å²) in [6, 6.07) is 0.570. The van der Waals surface area contributed by atoms with Crippen LogP contribution in [0.2, 0.25) is 0 Å². The molecule has 86 valence electrons. The molecule has 1 aliphatic heterocycles. The molecule has 2 aliphatic rings. The van der Waals surface area contributed by atoms with Crippen LogP contribution in [0.15, 0.2) is 0 Å². The summed E-state index contributed by atoms with van der Waals surface area (Å²) in [4.78, 5) is 14.4. The minimum Gasteiger partial charge on any atom is -0.339 e. The zero-order valence-electron chi connectivity index (χ0n) is 9.83. The number of amides is 1. The van der Waals surface area contributed by atoms with E-state index in [1.807, 2.05) is 0 Å². The molecular weight excluding hydrogens is 188 g/mol. The molecule has 1 saturated heterocycles. The molecule has 1 saturated carbocycles. The quantitative estimate of drug-likeness (QED) is 0.757. The summed E-state index contributed by atoms with van der Waals surface area (Å²) in [6.07, 6.45) is 3.47. The molecule has 1 N–H and O–H groups in total. The standard InChI is InChI=1S/C12H22N2O/c1-9(2)8-14(11-3-4-11)12(15)10-5-6-13-7-10/h9-11,13H,3-8H2,1-2H3/t10-/m0/s1. The third-order valence-corrected chi connectivity index (χ3v) is 3.24. The van der Waals surface area contributed by atoms with Crippen molar-refractivity contribution < 1.29 is 4.79 Å². The van der Waals surface area contributed by atoms with Crippen molar-refractivity contribution in [1.29, 1.82) is 0 Å². The lowest BCUT2D eigenvalue weighted by molar-refractivity contribution is -0.136. The Hall–Kier alpha value is -0.570. The smallest absolute Gasteiger partial charge is 0.227 e. The number of nitrogens with one attached hydrogen (secondary N) is 1. The number of nitrogens with zero attached hydrogens (tertiary/aromatic N) is 1. The molecular formula is C12H22N2O. The highest BCUT2D eigenvalue weighted by atomic mass is 16.2. The first-order valence-electron chi connectivity index (χ1n) is 6.19. The summed E-state index contributed by atoms with van der Waals surface area (Å²) in [6.45, 7) is 7.22. The molecule has 2 fully saturated rings. The number of carbonyl (C=O) groups is 1. The van der Waals surface area contributed by atoms with E-state index in [2.05, 4.69) is 24.1 Å². The third-order valence-electron chi connectivity index (χ3n) is 3.24. The Morgan fingerprint density at radius 3 is 2.60 bits per heavy atom. The van der Waals surface area contributed by atoms with Crippen LogP contribution in [-0.4, -0.2) is 36.5 Å². The van der Waals surface area contributed by atoms with Crippen LogP contribution in [0.5, 0.6) is 0 Å². The fourth-order valence-electron chi connectivity index (χ4n) is 2.30. The zero-order chi connectivity index (χ0) is 10.8. The van der Waals surface area contributed by atoms with Gasteiger partial charge in [0.15, 0.2) is 0 Å². The molecule has 1 amide bonds. The average Bonchev–Trinajstić information content (AvgIpc) is 2.88. The minimum absolute atomic E-state index is 0.254. The fourth-order valence-corrected chi connectivity index (χ4v) is 2.30. The van der Waals surface area contributed by atoms with Crippen molar-refractivity contribution in [2.24, 2.45) is 11.8 Å². The van der Waals surface area contributed by atoms with Crippen LogP contribution in [0.1, 0.15) is 33.1 Å². The molecule has 0 radical (unpaired) electrons. The van der Waals surface area contributed by atoms with Crippen molar-refractivity contribution in [2.45, 2.75) is 39.2 Å². The van der Waals surface area contributed by atoms with Crippen molar-refractivity contribution in [1.82, 2.24) is 10.2 Å². The molecule has 0 unspecified atom stereocenters. The van der Waals surface area contributed by atoms with Gasteiger partial charge in [-0.05, 0) is 31.7 Å². The Morgan fingerprint density at radius 1 is 1.40 bits per heavy atom. The minimum atomic E-state index is 0.254. The van der Waals surface area contributed by atoms with Gasteiger partial charge in [-0.2, -0.15) is 0 Å². The highest BCUT2D eigenvalue weighted by molar-refractivity contribution is 5.80. The number of hydrogen-bond donors (Lipinski definition) is 1. The molecule has 0 aromatic heterocycles. The van der Waals surface area contributed by atoms with Gasteiger partial charge in [-0.25, -0.2) is 0 Å². The predicted molar refractivity (Wildman–Crippen MR) is 60.5 cm³/mol. The van der Waals surface area contributed by atoms with Crippen molar-refractivity contribution in [3.63, 3.8) is 0 Å². The van der Waals surface area contributed by atoms with E-state index in [0.717, 1.165) is 26.1 Å². The van der Waals surface area contributed by atoms with Gasteiger partial charge < -0.3 is 10.2 Å². The monoisotopic (exact) mass is 210 g/mol. The SMILES string of the molecule is CC(C)CN(C(=O)[C@H]1CCNC1)C1CC1. The van der Waals surface area contributed by atoms with Crippen LogP contribution < -0.4 is 5.32 Å². The summed E-state index contributed by atoms with van der Waals surface area (Å²) in [5.41, 5.74) is 0. The molecule has 0 spiro atoms. The fraction of sp³-hybridized carbons (Fsp3) is 0.917. The summed E-state index contributed by atoms with van der Waals surface area (Å²) in [7, 11) is 0. The van der Waals surface area contributed by atoms with E-state index in [1.54, 1.807) is 0 Å². The van der Waals surface area contributed by atoms with Gasteiger partial charge >= 0.3 is 0 Å². The Bertz CT molecular complexity index is 230. The Balaban J connectivity index is 1.93. The van der Waals surface area contributed by atoms with E-state index in [4.69, 9.17) is 0 Å². The summed E-state index contributed by atoms with van der Waals surface area (Å²) < 4.78 is 0. The zero-order valence-corrected chi connectivity index (χ0v) is 9.83. The van der Waals surface area contributed by atoms with Crippen LogP contribution in [0, 0.1) is 11.8 Å². The molecule has 0 bridgehead atoms. The van der Waals surface area contributed by atoms with Crippen LogP contribution in [-0.2, 0) is 4.79 Å². The van der Waals surface area contributed by atoms with Crippen molar-refractivity contribution in [2.75, 3.05) is 19.6 Å². The van der Waals surface area contributed by atoms with Gasteiger partial charge in [0.2, 0.25) is 5.91 Å². The van der Waals surface area contributed by atoms with E-state index < -0.39 is 0 Å². The van der Waals surface area contributed by atoms with E-state index >= 15 is 0 Å². The third kappa shape index (κ3) is 2.71. The summed E-state index contributed by atoms with van der Waals surface area (Å²) in [5.74, 6) is 1.24. The summed E-state index contributed by atoms with van der Waals surface area (Å²) in [5, 5.41) is 3.27. The maximum atomic E-state index is 12.2. The van der Waals surface area contributed by atoms with E-state index in [1.165, 1.54) is 12.8 Å². The number of carbonyl (C=O) groups excluding carboxylic acids is 1. The second kappa shape index (κ2) is 4.52. The molecule has 1 aliphatic carbocycles. The van der Waals surface area contributed by atoms with Gasteiger partial charge in [-0.3, -0.25) is 4.79 Å². The number of hydrogen-bond acceptors (Lipinski definition) is 2. The average molecular weight is 210 g/mol. The van der Waals surface area contributed by atoms with Gasteiger partial charge in [-0.1, -0.05) is 13.8 Å². The first-order chi connectivity index (χ1) is 7.18. The van der Waals surface area contributed by atoms with Crippen molar-refractivity contribution >= 4 is 5.91 Å². The van der Waals surface area contributed by atoms with Crippen LogP contribution in [0.4, 0.5) is 0 Å². The normalized spacial score (nSPS) is 25.9. The van der Waals surface area contributed by atoms with Gasteiger partial charge in [0, 0.05) is 19.1 Å². The second-order valence-electron chi connectivity index (χ2n) is 5.31. The van der Waals surface area contributed by atoms with Gasteiger partial charge in [0.25, 0.3) is 0 Å². The highest BCUT2D eigenvalue weighted by Gasteiger charge is 2.36. The molecule has 3 nitrogen and oxygen atoms in total. The van der Waals surface area contributed by atoms with Gasteiger partial charge in [0.1, 0.15) is 0 Å². The van der Waals surface area contributed by atoms with E-state index in [-0.39, 0.29) is 5.92 Å². The molecule has 0 aromatic carbocycles.